The number of nitrogen functional groups attached to an aromatic ring is 1. The lowest BCUT2D eigenvalue weighted by molar-refractivity contribution is -0.0415. The summed E-state index contributed by atoms with van der Waals surface area (Å²) in [4.78, 5) is 8.80. The molecule has 5 N–H and O–H groups in total. The van der Waals surface area contributed by atoms with E-state index >= 15 is 0 Å². The van der Waals surface area contributed by atoms with Crippen LogP contribution < -0.4 is 10.9 Å². The molecule has 2 aromatic heterocycles. The van der Waals surface area contributed by atoms with Crippen molar-refractivity contribution in [2.24, 2.45) is 5.14 Å². The number of hydrogen-bond donors (Lipinski definition) is 3. The van der Waals surface area contributed by atoms with Crippen molar-refractivity contribution in [1.82, 2.24) is 19.7 Å². The van der Waals surface area contributed by atoms with Gasteiger partial charge in [0, 0.05) is 11.3 Å². The van der Waals surface area contributed by atoms with Crippen molar-refractivity contribution < 1.29 is 26.8 Å². The fourth-order valence-electron chi connectivity index (χ4n) is 3.05. The van der Waals surface area contributed by atoms with Crippen molar-refractivity contribution >= 4 is 38.9 Å². The molecule has 1 saturated heterocycles. The van der Waals surface area contributed by atoms with E-state index < -0.39 is 41.2 Å². The summed E-state index contributed by atoms with van der Waals surface area (Å²) < 4.78 is 47.2. The molecule has 14 heteroatoms. The molecule has 0 saturated carbocycles. The van der Waals surface area contributed by atoms with Gasteiger partial charge >= 0.3 is 10.3 Å². The molecular weight excluding hydrogens is 439 g/mol. The Morgan fingerprint density at radius 2 is 2.20 bits per heavy atom. The molecule has 0 spiro atoms. The first kappa shape index (κ1) is 20.9. The summed E-state index contributed by atoms with van der Waals surface area (Å²) in [6.45, 7) is -0.447. The summed E-state index contributed by atoms with van der Waals surface area (Å²) in [6.07, 6.45) is -1.36. The third kappa shape index (κ3) is 4.38. The number of aliphatic hydroxyl groups excluding tert-OH is 1. The van der Waals surface area contributed by atoms with Gasteiger partial charge < -0.3 is 15.6 Å². The van der Waals surface area contributed by atoms with E-state index in [1.807, 2.05) is 0 Å². The second-order valence-electron chi connectivity index (χ2n) is 6.48. The summed E-state index contributed by atoms with van der Waals surface area (Å²) in [6, 6.07) is 5.97. The molecule has 0 amide bonds. The highest BCUT2D eigenvalue weighted by Gasteiger charge is 2.38. The van der Waals surface area contributed by atoms with E-state index in [2.05, 4.69) is 19.2 Å². The predicted molar refractivity (Wildman–Crippen MR) is 104 cm³/mol. The van der Waals surface area contributed by atoms with Gasteiger partial charge in [0.1, 0.15) is 29.1 Å². The van der Waals surface area contributed by atoms with Crippen molar-refractivity contribution in [3.63, 3.8) is 0 Å². The van der Waals surface area contributed by atoms with Gasteiger partial charge in [0.05, 0.1) is 18.1 Å². The maximum absolute atomic E-state index is 13.6. The van der Waals surface area contributed by atoms with E-state index in [9.17, 15) is 17.9 Å². The molecule has 0 bridgehead atoms. The maximum atomic E-state index is 13.6. The Morgan fingerprint density at radius 3 is 2.93 bits per heavy atom. The SMILES string of the molecule is Nc1ncnc2c1c(Sc1cccc(F)c1)nn2[C@H]1C[C@H](O)[C@@H](COS(N)(=O)=O)O1. The maximum Gasteiger partial charge on any atom is 0.333 e. The minimum absolute atomic E-state index is 0.101. The van der Waals surface area contributed by atoms with Crippen LogP contribution in [0, 0.1) is 5.82 Å². The van der Waals surface area contributed by atoms with E-state index in [1.165, 1.54) is 34.9 Å². The van der Waals surface area contributed by atoms with E-state index in [1.54, 1.807) is 12.1 Å². The lowest BCUT2D eigenvalue weighted by atomic mass is 10.2. The van der Waals surface area contributed by atoms with Crippen LogP contribution in [0.15, 0.2) is 40.5 Å². The third-order valence-electron chi connectivity index (χ3n) is 4.37. The summed E-state index contributed by atoms with van der Waals surface area (Å²) in [5, 5.41) is 20.4. The van der Waals surface area contributed by atoms with Crippen molar-refractivity contribution in [2.45, 2.75) is 34.8 Å². The summed E-state index contributed by atoms with van der Waals surface area (Å²) in [5.74, 6) is -0.217. The summed E-state index contributed by atoms with van der Waals surface area (Å²) in [7, 11) is -4.18. The number of aliphatic hydroxyl groups is 1. The first-order valence-electron chi connectivity index (χ1n) is 8.64. The molecule has 1 aromatic carbocycles. The van der Waals surface area contributed by atoms with Gasteiger partial charge in [0.25, 0.3) is 0 Å². The standard InChI is InChI=1S/C16H17FN6O5S2/c17-8-2-1-3-9(4-8)29-16-13-14(18)20-7-21-15(13)23(22-16)12-5-10(24)11(28-12)6-27-30(19,25)26/h1-4,7,10-12,24H,5-6H2,(H2,18,20,21)(H2,19,25,26)/t10-,11+,12+/m0/s1. The Kier molecular flexibility index (Phi) is 5.61. The molecule has 1 fully saturated rings. The zero-order valence-corrected chi connectivity index (χ0v) is 16.9. The molecule has 0 unspecified atom stereocenters. The Morgan fingerprint density at radius 1 is 1.40 bits per heavy atom. The van der Waals surface area contributed by atoms with Gasteiger partial charge in [-0.05, 0) is 18.2 Å². The van der Waals surface area contributed by atoms with E-state index in [4.69, 9.17) is 15.6 Å². The van der Waals surface area contributed by atoms with Crippen LogP contribution in [-0.4, -0.2) is 52.1 Å². The van der Waals surface area contributed by atoms with Crippen LogP contribution >= 0.6 is 11.8 Å². The molecule has 1 aliphatic rings. The smallest absolute Gasteiger partial charge is 0.333 e. The highest BCUT2D eigenvalue weighted by molar-refractivity contribution is 7.99. The number of ether oxygens (including phenoxy) is 1. The number of rotatable bonds is 6. The fourth-order valence-corrected chi connectivity index (χ4v) is 4.35. The van der Waals surface area contributed by atoms with Crippen LogP contribution in [0.2, 0.25) is 0 Å². The molecule has 3 heterocycles. The number of benzene rings is 1. The molecule has 0 radical (unpaired) electrons. The summed E-state index contributed by atoms with van der Waals surface area (Å²) >= 11 is 1.17. The monoisotopic (exact) mass is 456 g/mol. The zero-order valence-electron chi connectivity index (χ0n) is 15.3. The number of aromatic nitrogens is 4. The molecule has 3 atom stereocenters. The Bertz CT molecular complexity index is 1190. The van der Waals surface area contributed by atoms with Crippen molar-refractivity contribution in [3.8, 4) is 0 Å². The van der Waals surface area contributed by atoms with Gasteiger partial charge in [-0.15, -0.1) is 0 Å². The molecule has 3 aromatic rings. The minimum atomic E-state index is -4.18. The van der Waals surface area contributed by atoms with Crippen molar-refractivity contribution in [1.29, 1.82) is 0 Å². The Hall–Kier alpha value is -2.36. The first-order chi connectivity index (χ1) is 14.2. The van der Waals surface area contributed by atoms with Gasteiger partial charge in [0.15, 0.2) is 11.9 Å². The topological polar surface area (TPSA) is 168 Å². The lowest BCUT2D eigenvalue weighted by Gasteiger charge is -2.14. The quantitative estimate of drug-likeness (QED) is 0.476. The van der Waals surface area contributed by atoms with Gasteiger partial charge in [-0.1, -0.05) is 17.8 Å². The van der Waals surface area contributed by atoms with Crippen LogP contribution in [0.3, 0.4) is 0 Å². The second-order valence-corrected chi connectivity index (χ2v) is 8.76. The van der Waals surface area contributed by atoms with Gasteiger partial charge in [-0.25, -0.2) is 24.2 Å². The van der Waals surface area contributed by atoms with Gasteiger partial charge in [0.2, 0.25) is 0 Å². The predicted octanol–water partition coefficient (Wildman–Crippen LogP) is 0.567. The number of anilines is 1. The van der Waals surface area contributed by atoms with Crippen LogP contribution in [0.4, 0.5) is 10.2 Å². The normalized spacial score (nSPS) is 22.0. The Balaban J connectivity index is 1.66. The molecule has 1 aliphatic heterocycles. The lowest BCUT2D eigenvalue weighted by Crippen LogP contribution is -2.30. The summed E-state index contributed by atoms with van der Waals surface area (Å²) in [5.41, 5.74) is 6.37. The Labute approximate surface area is 174 Å². The number of fused-ring (bicyclic) bond motifs is 1. The largest absolute Gasteiger partial charge is 0.390 e. The average molecular weight is 456 g/mol. The first-order valence-corrected chi connectivity index (χ1v) is 10.9. The molecule has 11 nitrogen and oxygen atoms in total. The van der Waals surface area contributed by atoms with Crippen molar-refractivity contribution in [3.05, 3.63) is 36.4 Å². The van der Waals surface area contributed by atoms with Crippen LogP contribution in [0.25, 0.3) is 11.0 Å². The molecule has 4 rings (SSSR count). The number of hydrogen-bond acceptors (Lipinski definition) is 10. The molecule has 0 aliphatic carbocycles. The highest BCUT2D eigenvalue weighted by Crippen LogP contribution is 2.38. The van der Waals surface area contributed by atoms with Crippen LogP contribution in [-0.2, 0) is 19.2 Å². The van der Waals surface area contributed by atoms with Crippen LogP contribution in [0.5, 0.6) is 0 Å². The number of halogens is 1. The molecular formula is C16H17FN6O5S2. The van der Waals surface area contributed by atoms with E-state index in [0.29, 0.717) is 21.0 Å². The number of nitrogens with zero attached hydrogens (tertiary/aromatic N) is 4. The highest BCUT2D eigenvalue weighted by atomic mass is 32.2. The van der Waals surface area contributed by atoms with E-state index in [-0.39, 0.29) is 12.2 Å². The molecule has 30 heavy (non-hydrogen) atoms. The van der Waals surface area contributed by atoms with Gasteiger partial charge in [-0.2, -0.15) is 13.5 Å². The minimum Gasteiger partial charge on any atom is -0.390 e. The zero-order chi connectivity index (χ0) is 21.5. The number of nitrogens with two attached hydrogens (primary N) is 2. The van der Waals surface area contributed by atoms with Gasteiger partial charge in [-0.3, -0.25) is 4.18 Å². The average Bonchev–Trinajstić information content (AvgIpc) is 3.21. The second kappa shape index (κ2) is 8.05. The van der Waals surface area contributed by atoms with Crippen LogP contribution in [0.1, 0.15) is 12.6 Å². The van der Waals surface area contributed by atoms with Crippen molar-refractivity contribution in [2.75, 3.05) is 12.3 Å². The molecule has 160 valence electrons. The fraction of sp³-hybridized carbons (Fsp3) is 0.312. The third-order valence-corrected chi connectivity index (χ3v) is 5.80. The van der Waals surface area contributed by atoms with E-state index in [0.717, 1.165) is 0 Å².